The zero-order chi connectivity index (χ0) is 10.7. The molecule has 0 aliphatic carbocycles. The number of rotatable bonds is 3. The molecule has 0 saturated carbocycles. The van der Waals surface area contributed by atoms with Crippen molar-refractivity contribution in [2.45, 2.75) is 36.9 Å². The molecule has 0 bridgehead atoms. The van der Waals surface area contributed by atoms with Crippen LogP contribution < -0.4 is 5.73 Å². The largest absolute Gasteiger partial charge is 0.399 e. The van der Waals surface area contributed by atoms with Crippen LogP contribution in [-0.2, 0) is 4.74 Å². The molecule has 2 unspecified atom stereocenters. The summed E-state index contributed by atoms with van der Waals surface area (Å²) in [6.45, 7) is 2.15. The van der Waals surface area contributed by atoms with Crippen LogP contribution in [0.3, 0.4) is 0 Å². The number of nitrogen functional groups attached to an aromatic ring is 1. The predicted octanol–water partition coefficient (Wildman–Crippen LogP) is 2.93. The van der Waals surface area contributed by atoms with Gasteiger partial charge in [-0.15, -0.1) is 11.8 Å². The molecule has 2 N–H and O–H groups in total. The number of thioether (sulfide) groups is 1. The zero-order valence-corrected chi connectivity index (χ0v) is 9.80. The fourth-order valence-electron chi connectivity index (χ4n) is 1.76. The first-order valence-electron chi connectivity index (χ1n) is 5.38. The van der Waals surface area contributed by atoms with E-state index in [1.165, 1.54) is 17.7 Å². The number of nitrogens with two attached hydrogens (primary N) is 1. The van der Waals surface area contributed by atoms with E-state index >= 15 is 0 Å². The van der Waals surface area contributed by atoms with Crippen molar-refractivity contribution < 1.29 is 4.74 Å². The summed E-state index contributed by atoms with van der Waals surface area (Å²) in [6.07, 6.45) is 3.28. The van der Waals surface area contributed by atoms with E-state index in [0.29, 0.717) is 12.2 Å². The average Bonchev–Trinajstić information content (AvgIpc) is 2.64. The molecular weight excluding hydrogens is 206 g/mol. The summed E-state index contributed by atoms with van der Waals surface area (Å²) in [5.41, 5.74) is 6.45. The average molecular weight is 223 g/mol. The lowest BCUT2D eigenvalue weighted by Crippen LogP contribution is -2.10. The van der Waals surface area contributed by atoms with Gasteiger partial charge in [0.1, 0.15) is 0 Å². The first-order chi connectivity index (χ1) is 7.24. The van der Waals surface area contributed by atoms with Crippen LogP contribution in [0.1, 0.15) is 19.8 Å². The minimum Gasteiger partial charge on any atom is -0.399 e. The van der Waals surface area contributed by atoms with Crippen LogP contribution in [0.4, 0.5) is 5.69 Å². The molecule has 15 heavy (non-hydrogen) atoms. The van der Waals surface area contributed by atoms with Crippen molar-refractivity contribution >= 4 is 17.4 Å². The number of benzene rings is 1. The quantitative estimate of drug-likeness (QED) is 0.632. The van der Waals surface area contributed by atoms with Gasteiger partial charge in [0.15, 0.2) is 0 Å². The Kier molecular flexibility index (Phi) is 3.54. The number of hydrogen-bond donors (Lipinski definition) is 1. The minimum atomic E-state index is 0.433. The lowest BCUT2D eigenvalue weighted by atomic mass is 10.2. The highest BCUT2D eigenvalue weighted by atomic mass is 32.2. The molecule has 0 aromatic heterocycles. The standard InChI is InChI=1S/C12H17NOS/c1-9-2-5-11(14-9)8-15-12-6-3-10(13)4-7-12/h3-4,6-7,9,11H,2,5,8,13H2,1H3. The van der Waals surface area contributed by atoms with Gasteiger partial charge in [-0.1, -0.05) is 0 Å². The molecule has 2 rings (SSSR count). The Morgan fingerprint density at radius 3 is 2.67 bits per heavy atom. The van der Waals surface area contributed by atoms with Crippen molar-refractivity contribution in [2.75, 3.05) is 11.5 Å². The van der Waals surface area contributed by atoms with Gasteiger partial charge in [-0.05, 0) is 44.0 Å². The van der Waals surface area contributed by atoms with Gasteiger partial charge in [-0.2, -0.15) is 0 Å². The summed E-state index contributed by atoms with van der Waals surface area (Å²) in [6, 6.07) is 8.03. The Labute approximate surface area is 95.2 Å². The second-order valence-corrected chi connectivity index (χ2v) is 5.12. The van der Waals surface area contributed by atoms with E-state index in [1.807, 2.05) is 23.9 Å². The fourth-order valence-corrected chi connectivity index (χ4v) is 2.71. The molecular formula is C12H17NOS. The van der Waals surface area contributed by atoms with Crippen molar-refractivity contribution in [3.8, 4) is 0 Å². The topological polar surface area (TPSA) is 35.2 Å². The van der Waals surface area contributed by atoms with Gasteiger partial charge >= 0.3 is 0 Å². The van der Waals surface area contributed by atoms with E-state index in [1.54, 1.807) is 0 Å². The maximum atomic E-state index is 5.76. The summed E-state index contributed by atoms with van der Waals surface area (Å²) in [7, 11) is 0. The van der Waals surface area contributed by atoms with E-state index in [0.717, 1.165) is 11.4 Å². The molecule has 1 saturated heterocycles. The summed E-state index contributed by atoms with van der Waals surface area (Å²) >= 11 is 1.85. The fraction of sp³-hybridized carbons (Fsp3) is 0.500. The van der Waals surface area contributed by atoms with Gasteiger partial charge in [0.25, 0.3) is 0 Å². The van der Waals surface area contributed by atoms with Crippen LogP contribution in [0.2, 0.25) is 0 Å². The van der Waals surface area contributed by atoms with E-state index in [-0.39, 0.29) is 0 Å². The Hall–Kier alpha value is -0.670. The van der Waals surface area contributed by atoms with Gasteiger partial charge in [0, 0.05) is 16.3 Å². The van der Waals surface area contributed by atoms with Crippen molar-refractivity contribution in [1.29, 1.82) is 0 Å². The van der Waals surface area contributed by atoms with E-state index in [9.17, 15) is 0 Å². The normalized spacial score (nSPS) is 25.7. The predicted molar refractivity (Wildman–Crippen MR) is 65.1 cm³/mol. The maximum Gasteiger partial charge on any atom is 0.0673 e. The first-order valence-corrected chi connectivity index (χ1v) is 6.36. The van der Waals surface area contributed by atoms with Gasteiger partial charge < -0.3 is 10.5 Å². The van der Waals surface area contributed by atoms with Crippen LogP contribution in [0.5, 0.6) is 0 Å². The molecule has 1 aromatic carbocycles. The third-order valence-electron chi connectivity index (χ3n) is 2.64. The summed E-state index contributed by atoms with van der Waals surface area (Å²) in [4.78, 5) is 1.27. The van der Waals surface area contributed by atoms with E-state index in [2.05, 4.69) is 19.1 Å². The molecule has 1 aromatic rings. The molecule has 82 valence electrons. The monoisotopic (exact) mass is 223 g/mol. The van der Waals surface area contributed by atoms with E-state index in [4.69, 9.17) is 10.5 Å². The number of ether oxygens (including phenoxy) is 1. The van der Waals surface area contributed by atoms with Crippen molar-refractivity contribution in [2.24, 2.45) is 0 Å². The lowest BCUT2D eigenvalue weighted by molar-refractivity contribution is 0.0700. The molecule has 1 aliphatic rings. The van der Waals surface area contributed by atoms with Crippen molar-refractivity contribution in [3.05, 3.63) is 24.3 Å². The van der Waals surface area contributed by atoms with Crippen LogP contribution in [0, 0.1) is 0 Å². The molecule has 1 fully saturated rings. The van der Waals surface area contributed by atoms with Crippen LogP contribution in [-0.4, -0.2) is 18.0 Å². The van der Waals surface area contributed by atoms with E-state index < -0.39 is 0 Å². The van der Waals surface area contributed by atoms with Gasteiger partial charge in [-0.25, -0.2) is 0 Å². The van der Waals surface area contributed by atoms with Gasteiger partial charge in [-0.3, -0.25) is 0 Å². The van der Waals surface area contributed by atoms with Gasteiger partial charge in [0.05, 0.1) is 12.2 Å². The van der Waals surface area contributed by atoms with Crippen LogP contribution >= 0.6 is 11.8 Å². The highest BCUT2D eigenvalue weighted by Gasteiger charge is 2.21. The second-order valence-electron chi connectivity index (χ2n) is 4.03. The number of hydrogen-bond acceptors (Lipinski definition) is 3. The Bertz CT molecular complexity index is 312. The second kappa shape index (κ2) is 4.90. The Morgan fingerprint density at radius 2 is 2.07 bits per heavy atom. The highest BCUT2D eigenvalue weighted by molar-refractivity contribution is 7.99. The molecule has 0 spiro atoms. The molecule has 0 amide bonds. The summed E-state index contributed by atoms with van der Waals surface area (Å²) < 4.78 is 5.76. The minimum absolute atomic E-state index is 0.433. The van der Waals surface area contributed by atoms with Gasteiger partial charge in [0.2, 0.25) is 0 Å². The SMILES string of the molecule is CC1CCC(CSc2ccc(N)cc2)O1. The molecule has 0 radical (unpaired) electrons. The van der Waals surface area contributed by atoms with Crippen molar-refractivity contribution in [3.63, 3.8) is 0 Å². The molecule has 1 aliphatic heterocycles. The summed E-state index contributed by atoms with van der Waals surface area (Å²) in [5.74, 6) is 1.05. The summed E-state index contributed by atoms with van der Waals surface area (Å²) in [5, 5.41) is 0. The molecule has 2 atom stereocenters. The first kappa shape index (κ1) is 10.8. The third-order valence-corrected chi connectivity index (χ3v) is 3.78. The Morgan fingerprint density at radius 1 is 1.33 bits per heavy atom. The Balaban J connectivity index is 1.80. The lowest BCUT2D eigenvalue weighted by Gasteiger charge is -2.10. The molecule has 1 heterocycles. The van der Waals surface area contributed by atoms with Crippen molar-refractivity contribution in [1.82, 2.24) is 0 Å². The van der Waals surface area contributed by atoms with Crippen LogP contribution in [0.25, 0.3) is 0 Å². The van der Waals surface area contributed by atoms with Crippen LogP contribution in [0.15, 0.2) is 29.2 Å². The number of anilines is 1. The third kappa shape index (κ3) is 3.14. The molecule has 2 nitrogen and oxygen atoms in total. The molecule has 3 heteroatoms. The maximum absolute atomic E-state index is 5.76. The smallest absolute Gasteiger partial charge is 0.0673 e. The zero-order valence-electron chi connectivity index (χ0n) is 8.98. The highest BCUT2D eigenvalue weighted by Crippen LogP contribution is 2.26.